The Kier molecular flexibility index (Phi) is 4.05. The Balaban J connectivity index is 1.60. The molecule has 2 saturated carbocycles. The van der Waals surface area contributed by atoms with Crippen molar-refractivity contribution in [3.05, 3.63) is 49.9 Å². The van der Waals surface area contributed by atoms with Crippen molar-refractivity contribution in [2.24, 2.45) is 23.7 Å². The topological polar surface area (TPSA) is 76.2 Å². The number of esters is 1. The average Bonchev–Trinajstić information content (AvgIpc) is 3.37. The van der Waals surface area contributed by atoms with Crippen LogP contribution in [0.4, 0.5) is 0 Å². The van der Waals surface area contributed by atoms with Crippen LogP contribution in [0.2, 0.25) is 0 Å². The summed E-state index contributed by atoms with van der Waals surface area (Å²) >= 11 is 3.08. The van der Waals surface area contributed by atoms with Gasteiger partial charge in [0.25, 0.3) is 0 Å². The van der Waals surface area contributed by atoms with Crippen LogP contribution in [0.3, 0.4) is 0 Å². The third-order valence-corrected chi connectivity index (χ3v) is 9.09. The molecular formula is C20H19NO4S2. The highest BCUT2D eigenvalue weighted by atomic mass is 32.2. The largest absolute Gasteiger partial charge is 0.465 e. The highest BCUT2D eigenvalue weighted by Gasteiger charge is 2.58. The fraction of sp³-hybridized carbons (Fsp3) is 0.450. The molecule has 2 bridgehead atoms. The average molecular weight is 402 g/mol. The zero-order valence-corrected chi connectivity index (χ0v) is 16.3. The third kappa shape index (κ3) is 2.55. The summed E-state index contributed by atoms with van der Waals surface area (Å²) < 4.78 is 4.79. The molecule has 7 heteroatoms. The minimum Gasteiger partial charge on any atom is -0.465 e. The minimum atomic E-state index is -0.355. The lowest BCUT2D eigenvalue weighted by Gasteiger charge is -2.41. The number of aldehydes is 1. The fourth-order valence-electron chi connectivity index (χ4n) is 5.43. The molecule has 3 aliphatic rings. The van der Waals surface area contributed by atoms with Crippen LogP contribution in [0.25, 0.3) is 0 Å². The van der Waals surface area contributed by atoms with E-state index < -0.39 is 0 Å². The van der Waals surface area contributed by atoms with Crippen LogP contribution in [0.1, 0.15) is 39.6 Å². The van der Waals surface area contributed by atoms with Crippen LogP contribution in [-0.2, 0) is 9.53 Å². The predicted molar refractivity (Wildman–Crippen MR) is 103 cm³/mol. The minimum absolute atomic E-state index is 0.0251. The molecule has 2 fully saturated rings. The van der Waals surface area contributed by atoms with Crippen molar-refractivity contribution >= 4 is 35.4 Å². The quantitative estimate of drug-likeness (QED) is 0.631. The Morgan fingerprint density at radius 2 is 2.04 bits per heavy atom. The number of benzene rings is 1. The molecule has 0 saturated heterocycles. The Hall–Kier alpha value is -1.86. The zero-order chi connectivity index (χ0) is 18.7. The Morgan fingerprint density at radius 3 is 2.74 bits per heavy atom. The van der Waals surface area contributed by atoms with E-state index in [1.165, 1.54) is 18.4 Å². The molecule has 140 valence electrons. The van der Waals surface area contributed by atoms with E-state index in [-0.39, 0.29) is 22.7 Å². The number of carbonyl (C=O) groups is 2. The first-order chi connectivity index (χ1) is 13.1. The van der Waals surface area contributed by atoms with Gasteiger partial charge in [0, 0.05) is 22.0 Å². The maximum absolute atomic E-state index is 12.1. The van der Waals surface area contributed by atoms with E-state index in [2.05, 4.69) is 4.98 Å². The van der Waals surface area contributed by atoms with Gasteiger partial charge in [-0.15, -0.1) is 11.8 Å². The molecule has 1 aliphatic heterocycles. The number of ether oxygens (including phenoxy) is 1. The first-order valence-corrected chi connectivity index (χ1v) is 10.8. The Labute approximate surface area is 164 Å². The van der Waals surface area contributed by atoms with Crippen molar-refractivity contribution in [3.63, 3.8) is 0 Å². The summed E-state index contributed by atoms with van der Waals surface area (Å²) in [7, 11) is 1.37. The normalized spacial score (nSPS) is 33.4. The lowest BCUT2D eigenvalue weighted by atomic mass is 9.71. The van der Waals surface area contributed by atoms with Gasteiger partial charge in [-0.3, -0.25) is 4.79 Å². The second-order valence-electron chi connectivity index (χ2n) is 7.65. The van der Waals surface area contributed by atoms with Gasteiger partial charge in [0.1, 0.15) is 6.29 Å². The molecule has 2 aliphatic carbocycles. The number of H-pyrrole nitrogens is 1. The number of carbonyl (C=O) groups excluding carboxylic acids is 2. The SMILES string of the molecule is COC(=O)c1ccc(C2c3sc(=O)[nH]c3SC3C4CC(C=O)C(C4)[C@@H]23)cc1. The number of aromatic nitrogens is 1. The molecule has 1 N–H and O–H groups in total. The molecule has 2 heterocycles. The highest BCUT2D eigenvalue weighted by Crippen LogP contribution is 2.64. The van der Waals surface area contributed by atoms with Crippen LogP contribution in [0.5, 0.6) is 0 Å². The van der Waals surface area contributed by atoms with Crippen molar-refractivity contribution in [1.82, 2.24) is 4.98 Å². The second-order valence-corrected chi connectivity index (χ2v) is 9.86. The molecule has 0 radical (unpaired) electrons. The maximum Gasteiger partial charge on any atom is 0.337 e. The number of thiazole rings is 1. The van der Waals surface area contributed by atoms with Gasteiger partial charge in [0.15, 0.2) is 0 Å². The van der Waals surface area contributed by atoms with Gasteiger partial charge in [0.05, 0.1) is 17.7 Å². The number of hydrogen-bond donors (Lipinski definition) is 1. The lowest BCUT2D eigenvalue weighted by molar-refractivity contribution is -0.113. The van der Waals surface area contributed by atoms with Gasteiger partial charge in [-0.25, -0.2) is 4.79 Å². The van der Waals surface area contributed by atoms with E-state index in [1.807, 2.05) is 12.1 Å². The number of rotatable bonds is 3. The lowest BCUT2D eigenvalue weighted by Crippen LogP contribution is -2.37. The van der Waals surface area contributed by atoms with Crippen molar-refractivity contribution in [2.45, 2.75) is 29.0 Å². The molecule has 2 aromatic rings. The van der Waals surface area contributed by atoms with E-state index >= 15 is 0 Å². The van der Waals surface area contributed by atoms with Crippen LogP contribution in [-0.4, -0.2) is 29.6 Å². The Morgan fingerprint density at radius 1 is 1.26 bits per heavy atom. The maximum atomic E-state index is 12.1. The number of fused-ring (bicyclic) bond motifs is 6. The molecule has 27 heavy (non-hydrogen) atoms. The number of hydrogen-bond acceptors (Lipinski definition) is 6. The molecule has 1 aromatic heterocycles. The van der Waals surface area contributed by atoms with Gasteiger partial charge in [-0.05, 0) is 48.3 Å². The fourth-order valence-corrected chi connectivity index (χ4v) is 8.28. The number of thioether (sulfide) groups is 1. The van der Waals surface area contributed by atoms with E-state index in [0.29, 0.717) is 28.6 Å². The highest BCUT2D eigenvalue weighted by molar-refractivity contribution is 8.00. The van der Waals surface area contributed by atoms with Crippen molar-refractivity contribution < 1.29 is 14.3 Å². The molecule has 5 rings (SSSR count). The summed E-state index contributed by atoms with van der Waals surface area (Å²) in [6.07, 6.45) is 3.21. The van der Waals surface area contributed by atoms with Crippen LogP contribution >= 0.6 is 23.1 Å². The number of methoxy groups -OCH3 is 1. The van der Waals surface area contributed by atoms with E-state index in [4.69, 9.17) is 4.74 Å². The standard InChI is InChI=1S/C20H19NO4S2/c1-25-19(23)10-4-2-9(3-5-10)14-15-13-7-11(6-12(13)8-22)16(15)26-18-17(14)27-20(24)21-18/h2-5,8,11-16H,6-7H2,1H3,(H,21,24)/t11?,12?,13?,14?,15-,16?/m0/s1. The van der Waals surface area contributed by atoms with Crippen molar-refractivity contribution in [3.8, 4) is 0 Å². The number of nitrogens with one attached hydrogen (secondary N) is 1. The smallest absolute Gasteiger partial charge is 0.337 e. The molecule has 6 atom stereocenters. The predicted octanol–water partition coefficient (Wildman–Crippen LogP) is 3.30. The van der Waals surface area contributed by atoms with Crippen molar-refractivity contribution in [1.29, 1.82) is 0 Å². The second kappa shape index (κ2) is 6.34. The van der Waals surface area contributed by atoms with Crippen LogP contribution in [0, 0.1) is 23.7 Å². The van der Waals surface area contributed by atoms with E-state index in [0.717, 1.165) is 34.6 Å². The van der Waals surface area contributed by atoms with Crippen LogP contribution in [0.15, 0.2) is 34.1 Å². The van der Waals surface area contributed by atoms with E-state index in [9.17, 15) is 14.4 Å². The molecule has 5 unspecified atom stereocenters. The summed E-state index contributed by atoms with van der Waals surface area (Å²) in [5.41, 5.74) is 1.62. The van der Waals surface area contributed by atoms with Crippen molar-refractivity contribution in [2.75, 3.05) is 7.11 Å². The molecule has 0 amide bonds. The first-order valence-electron chi connectivity index (χ1n) is 9.14. The molecular weight excluding hydrogens is 382 g/mol. The monoisotopic (exact) mass is 401 g/mol. The number of aromatic amines is 1. The summed E-state index contributed by atoms with van der Waals surface area (Å²) in [5, 5.41) is 1.43. The van der Waals surface area contributed by atoms with Gasteiger partial charge in [-0.2, -0.15) is 0 Å². The molecule has 0 spiro atoms. The first kappa shape index (κ1) is 17.3. The summed E-state index contributed by atoms with van der Waals surface area (Å²) in [5.74, 6) is 1.14. The van der Waals surface area contributed by atoms with Gasteiger partial charge >= 0.3 is 10.8 Å². The van der Waals surface area contributed by atoms with Gasteiger partial charge in [-0.1, -0.05) is 23.5 Å². The van der Waals surface area contributed by atoms with Gasteiger partial charge < -0.3 is 14.5 Å². The summed E-state index contributed by atoms with van der Waals surface area (Å²) in [4.78, 5) is 39.5. The van der Waals surface area contributed by atoms with Gasteiger partial charge in [0.2, 0.25) is 0 Å². The van der Waals surface area contributed by atoms with Crippen LogP contribution < -0.4 is 4.87 Å². The third-order valence-electron chi connectivity index (χ3n) is 6.47. The molecule has 1 aromatic carbocycles. The zero-order valence-electron chi connectivity index (χ0n) is 14.7. The Bertz CT molecular complexity index is 963. The molecule has 5 nitrogen and oxygen atoms in total. The summed E-state index contributed by atoms with van der Waals surface area (Å²) in [6, 6.07) is 7.52. The summed E-state index contributed by atoms with van der Waals surface area (Å²) in [6.45, 7) is 0. The van der Waals surface area contributed by atoms with E-state index in [1.54, 1.807) is 23.9 Å².